The quantitative estimate of drug-likeness (QED) is 0.813. The lowest BCUT2D eigenvalue weighted by Crippen LogP contribution is -2.60. The van der Waals surface area contributed by atoms with Gasteiger partial charge in [0.2, 0.25) is 0 Å². The van der Waals surface area contributed by atoms with Crippen molar-refractivity contribution in [2.24, 2.45) is 5.41 Å². The van der Waals surface area contributed by atoms with Gasteiger partial charge in [-0.2, -0.15) is 0 Å². The summed E-state index contributed by atoms with van der Waals surface area (Å²) in [7, 11) is 0. The standard InChI is InChI=1S/C15H21N3O3/c1-15(2)10-18(13(15)11-5-8-16-9-6-11)14(21)17-7-3-4-12(19)20/h5-6,8-9,13H,3-4,7,10H2,1-2H3,(H,17,21)(H,19,20). The monoisotopic (exact) mass is 291 g/mol. The molecule has 0 radical (unpaired) electrons. The average Bonchev–Trinajstić information content (AvgIpc) is 2.42. The average molecular weight is 291 g/mol. The van der Waals surface area contributed by atoms with Gasteiger partial charge in [0.05, 0.1) is 6.04 Å². The summed E-state index contributed by atoms with van der Waals surface area (Å²) in [5, 5.41) is 11.4. The van der Waals surface area contributed by atoms with Crippen LogP contribution in [0.5, 0.6) is 0 Å². The molecule has 1 atom stereocenters. The summed E-state index contributed by atoms with van der Waals surface area (Å²) in [4.78, 5) is 28.4. The van der Waals surface area contributed by atoms with Crippen LogP contribution in [0.1, 0.15) is 38.3 Å². The summed E-state index contributed by atoms with van der Waals surface area (Å²) < 4.78 is 0. The van der Waals surface area contributed by atoms with E-state index in [-0.39, 0.29) is 23.9 Å². The maximum atomic E-state index is 12.2. The lowest BCUT2D eigenvalue weighted by Gasteiger charge is -2.54. The third-order valence-electron chi connectivity index (χ3n) is 3.76. The molecule has 1 saturated heterocycles. The number of carbonyl (C=O) groups is 2. The largest absolute Gasteiger partial charge is 0.481 e. The molecule has 21 heavy (non-hydrogen) atoms. The van der Waals surface area contributed by atoms with Crippen LogP contribution in [0.3, 0.4) is 0 Å². The van der Waals surface area contributed by atoms with Gasteiger partial charge in [-0.15, -0.1) is 0 Å². The van der Waals surface area contributed by atoms with Gasteiger partial charge < -0.3 is 15.3 Å². The zero-order valence-corrected chi connectivity index (χ0v) is 12.4. The van der Waals surface area contributed by atoms with E-state index in [1.54, 1.807) is 17.3 Å². The van der Waals surface area contributed by atoms with Crippen LogP contribution in [0, 0.1) is 5.41 Å². The van der Waals surface area contributed by atoms with Gasteiger partial charge in [0.15, 0.2) is 0 Å². The number of carbonyl (C=O) groups excluding carboxylic acids is 1. The van der Waals surface area contributed by atoms with Crippen LogP contribution in [0.2, 0.25) is 0 Å². The van der Waals surface area contributed by atoms with E-state index >= 15 is 0 Å². The van der Waals surface area contributed by atoms with Crippen LogP contribution in [-0.2, 0) is 4.79 Å². The van der Waals surface area contributed by atoms with E-state index in [0.717, 1.165) is 5.56 Å². The number of hydrogen-bond acceptors (Lipinski definition) is 3. The number of likely N-dealkylation sites (tertiary alicyclic amines) is 1. The third-order valence-corrected chi connectivity index (χ3v) is 3.76. The molecule has 1 unspecified atom stereocenters. The van der Waals surface area contributed by atoms with Crippen molar-refractivity contribution in [1.29, 1.82) is 0 Å². The number of urea groups is 1. The Kier molecular flexibility index (Phi) is 4.45. The molecule has 1 aromatic heterocycles. The number of pyridine rings is 1. The molecule has 114 valence electrons. The smallest absolute Gasteiger partial charge is 0.317 e. The predicted molar refractivity (Wildman–Crippen MR) is 77.7 cm³/mol. The van der Waals surface area contributed by atoms with Gasteiger partial charge in [0, 0.05) is 37.3 Å². The zero-order chi connectivity index (χ0) is 15.5. The van der Waals surface area contributed by atoms with Gasteiger partial charge in [-0.3, -0.25) is 9.78 Å². The van der Waals surface area contributed by atoms with Crippen LogP contribution < -0.4 is 5.32 Å². The Morgan fingerprint density at radius 2 is 2.10 bits per heavy atom. The lowest BCUT2D eigenvalue weighted by molar-refractivity contribution is -0.137. The van der Waals surface area contributed by atoms with Crippen molar-refractivity contribution in [1.82, 2.24) is 15.2 Å². The third kappa shape index (κ3) is 3.51. The van der Waals surface area contributed by atoms with Crippen LogP contribution in [0.4, 0.5) is 4.79 Å². The highest BCUT2D eigenvalue weighted by molar-refractivity contribution is 5.76. The fourth-order valence-electron chi connectivity index (χ4n) is 2.83. The molecule has 0 aliphatic carbocycles. The second-order valence-electron chi connectivity index (χ2n) is 6.03. The van der Waals surface area contributed by atoms with E-state index in [1.807, 2.05) is 12.1 Å². The molecule has 6 heteroatoms. The molecule has 0 aromatic carbocycles. The van der Waals surface area contributed by atoms with Crippen LogP contribution in [0.15, 0.2) is 24.5 Å². The second kappa shape index (κ2) is 6.11. The van der Waals surface area contributed by atoms with Crippen molar-refractivity contribution in [3.63, 3.8) is 0 Å². The minimum atomic E-state index is -0.844. The van der Waals surface area contributed by atoms with E-state index < -0.39 is 5.97 Å². The van der Waals surface area contributed by atoms with Crippen molar-refractivity contribution in [3.05, 3.63) is 30.1 Å². The van der Waals surface area contributed by atoms with Gasteiger partial charge in [0.1, 0.15) is 0 Å². The molecule has 6 nitrogen and oxygen atoms in total. The van der Waals surface area contributed by atoms with Gasteiger partial charge in [0.25, 0.3) is 0 Å². The van der Waals surface area contributed by atoms with E-state index in [2.05, 4.69) is 24.1 Å². The number of aliphatic carboxylic acids is 1. The number of amides is 2. The second-order valence-corrected chi connectivity index (χ2v) is 6.03. The molecule has 1 aliphatic rings. The van der Waals surface area contributed by atoms with Crippen molar-refractivity contribution in [3.8, 4) is 0 Å². The Balaban J connectivity index is 1.94. The van der Waals surface area contributed by atoms with E-state index in [9.17, 15) is 9.59 Å². The van der Waals surface area contributed by atoms with Gasteiger partial charge in [-0.1, -0.05) is 13.8 Å². The SMILES string of the molecule is CC1(C)CN(C(=O)NCCCC(=O)O)C1c1ccncc1. The molecule has 0 saturated carbocycles. The highest BCUT2D eigenvalue weighted by Crippen LogP contribution is 2.47. The zero-order valence-electron chi connectivity index (χ0n) is 12.4. The Morgan fingerprint density at radius 1 is 1.43 bits per heavy atom. The first-order valence-corrected chi connectivity index (χ1v) is 7.08. The molecule has 2 amide bonds. The summed E-state index contributed by atoms with van der Waals surface area (Å²) in [6.45, 7) is 5.33. The highest BCUT2D eigenvalue weighted by atomic mass is 16.4. The molecule has 2 rings (SSSR count). The number of nitrogens with one attached hydrogen (secondary N) is 1. The summed E-state index contributed by atoms with van der Waals surface area (Å²) in [5.74, 6) is -0.844. The highest BCUT2D eigenvalue weighted by Gasteiger charge is 2.48. The minimum Gasteiger partial charge on any atom is -0.481 e. The number of rotatable bonds is 5. The Labute approximate surface area is 124 Å². The fraction of sp³-hybridized carbons (Fsp3) is 0.533. The predicted octanol–water partition coefficient (Wildman–Crippen LogP) is 2.04. The normalized spacial score (nSPS) is 19.7. The van der Waals surface area contributed by atoms with Crippen LogP contribution in [-0.4, -0.2) is 40.1 Å². The summed E-state index contributed by atoms with van der Waals surface area (Å²) in [6.07, 6.45) is 3.97. The Hall–Kier alpha value is -2.11. The van der Waals surface area contributed by atoms with Crippen molar-refractivity contribution in [2.75, 3.05) is 13.1 Å². The van der Waals surface area contributed by atoms with E-state index in [0.29, 0.717) is 19.5 Å². The van der Waals surface area contributed by atoms with Crippen molar-refractivity contribution < 1.29 is 14.7 Å². The van der Waals surface area contributed by atoms with Crippen molar-refractivity contribution >= 4 is 12.0 Å². The van der Waals surface area contributed by atoms with Crippen LogP contribution >= 0.6 is 0 Å². The summed E-state index contributed by atoms with van der Waals surface area (Å²) in [6, 6.07) is 3.74. The van der Waals surface area contributed by atoms with Gasteiger partial charge in [-0.25, -0.2) is 4.79 Å². The fourth-order valence-corrected chi connectivity index (χ4v) is 2.83. The topological polar surface area (TPSA) is 82.5 Å². The molecule has 1 fully saturated rings. The van der Waals surface area contributed by atoms with Crippen LogP contribution in [0.25, 0.3) is 0 Å². The minimum absolute atomic E-state index is 0.0275. The molecule has 1 aliphatic heterocycles. The first-order valence-electron chi connectivity index (χ1n) is 7.08. The number of carboxylic acid groups (broad SMARTS) is 1. The molecule has 2 heterocycles. The Morgan fingerprint density at radius 3 is 2.67 bits per heavy atom. The molecule has 0 spiro atoms. The maximum absolute atomic E-state index is 12.2. The summed E-state index contributed by atoms with van der Waals surface area (Å²) >= 11 is 0. The van der Waals surface area contributed by atoms with Gasteiger partial charge in [-0.05, 0) is 24.1 Å². The number of hydrogen-bond donors (Lipinski definition) is 2. The number of nitrogens with zero attached hydrogens (tertiary/aromatic N) is 2. The van der Waals surface area contributed by atoms with E-state index in [4.69, 9.17) is 5.11 Å². The van der Waals surface area contributed by atoms with Gasteiger partial charge >= 0.3 is 12.0 Å². The first kappa shape index (κ1) is 15.3. The molecule has 0 bridgehead atoms. The molecular weight excluding hydrogens is 270 g/mol. The first-order chi connectivity index (χ1) is 9.92. The van der Waals surface area contributed by atoms with E-state index in [1.165, 1.54) is 0 Å². The number of aromatic nitrogens is 1. The molecule has 2 N–H and O–H groups in total. The summed E-state index contributed by atoms with van der Waals surface area (Å²) in [5.41, 5.74) is 1.10. The maximum Gasteiger partial charge on any atom is 0.317 e. The Bertz CT molecular complexity index is 516. The molecule has 1 aromatic rings. The number of carboxylic acids is 1. The van der Waals surface area contributed by atoms with Crippen molar-refractivity contribution in [2.45, 2.75) is 32.7 Å². The lowest BCUT2D eigenvalue weighted by atomic mass is 9.72. The molecular formula is C15H21N3O3.